The summed E-state index contributed by atoms with van der Waals surface area (Å²) in [6.07, 6.45) is 0.571. The quantitative estimate of drug-likeness (QED) is 0.811. The fourth-order valence-electron chi connectivity index (χ4n) is 1.88. The SMILES string of the molecule is CC(C)CN(CCC#N)Cc1sccc1C#CCN. The van der Waals surface area contributed by atoms with Crippen LogP contribution < -0.4 is 5.73 Å². The van der Waals surface area contributed by atoms with Gasteiger partial charge in [-0.05, 0) is 17.4 Å². The first-order valence-corrected chi connectivity index (χ1v) is 7.40. The highest BCUT2D eigenvalue weighted by molar-refractivity contribution is 7.10. The molecule has 0 bridgehead atoms. The van der Waals surface area contributed by atoms with E-state index < -0.39 is 0 Å². The molecular formula is C15H21N3S. The molecule has 0 atom stereocenters. The predicted molar refractivity (Wildman–Crippen MR) is 80.6 cm³/mol. The standard InChI is InChI=1S/C15H21N3S/c1-13(2)11-18(9-4-8-17)12-15-14(5-3-7-16)6-10-19-15/h6,10,13H,4,7,9,11-12,16H2,1-2H3. The third-order valence-electron chi connectivity index (χ3n) is 2.60. The van der Waals surface area contributed by atoms with Crippen LogP contribution in [0.5, 0.6) is 0 Å². The van der Waals surface area contributed by atoms with E-state index in [0.29, 0.717) is 18.9 Å². The molecule has 0 unspecified atom stereocenters. The lowest BCUT2D eigenvalue weighted by Gasteiger charge is -2.22. The third kappa shape index (κ3) is 5.89. The second-order valence-electron chi connectivity index (χ2n) is 4.80. The van der Waals surface area contributed by atoms with Crippen LogP contribution in [0.4, 0.5) is 0 Å². The zero-order valence-corrected chi connectivity index (χ0v) is 12.5. The first kappa shape index (κ1) is 15.7. The molecule has 4 heteroatoms. The summed E-state index contributed by atoms with van der Waals surface area (Å²) in [5, 5.41) is 10.8. The van der Waals surface area contributed by atoms with Gasteiger partial charge in [-0.3, -0.25) is 4.90 Å². The van der Waals surface area contributed by atoms with E-state index in [2.05, 4.69) is 42.0 Å². The van der Waals surface area contributed by atoms with Gasteiger partial charge in [0.15, 0.2) is 0 Å². The molecule has 0 saturated heterocycles. The smallest absolute Gasteiger partial charge is 0.0635 e. The number of nitrogens with zero attached hydrogens (tertiary/aromatic N) is 2. The maximum atomic E-state index is 8.74. The number of hydrogen-bond acceptors (Lipinski definition) is 4. The topological polar surface area (TPSA) is 53.0 Å². The van der Waals surface area contributed by atoms with Crippen LogP contribution >= 0.6 is 11.3 Å². The Kier molecular flexibility index (Phi) is 7.22. The van der Waals surface area contributed by atoms with Gasteiger partial charge < -0.3 is 5.73 Å². The van der Waals surface area contributed by atoms with E-state index in [4.69, 9.17) is 11.0 Å². The van der Waals surface area contributed by atoms with E-state index >= 15 is 0 Å². The van der Waals surface area contributed by atoms with Crippen molar-refractivity contribution >= 4 is 11.3 Å². The Morgan fingerprint density at radius 2 is 2.26 bits per heavy atom. The first-order valence-electron chi connectivity index (χ1n) is 6.52. The molecule has 1 aromatic heterocycles. The summed E-state index contributed by atoms with van der Waals surface area (Å²) in [4.78, 5) is 3.59. The second-order valence-corrected chi connectivity index (χ2v) is 5.80. The molecule has 3 nitrogen and oxygen atoms in total. The van der Waals surface area contributed by atoms with Crippen LogP contribution in [0.1, 0.15) is 30.7 Å². The summed E-state index contributed by atoms with van der Waals surface area (Å²) in [5.74, 6) is 6.61. The highest BCUT2D eigenvalue weighted by atomic mass is 32.1. The Morgan fingerprint density at radius 3 is 2.89 bits per heavy atom. The zero-order valence-electron chi connectivity index (χ0n) is 11.6. The van der Waals surface area contributed by atoms with Crippen molar-refractivity contribution in [3.8, 4) is 17.9 Å². The van der Waals surface area contributed by atoms with Crippen molar-refractivity contribution in [1.82, 2.24) is 4.90 Å². The van der Waals surface area contributed by atoms with Gasteiger partial charge in [-0.15, -0.1) is 11.3 Å². The summed E-state index contributed by atoms with van der Waals surface area (Å²) in [6, 6.07) is 4.26. The van der Waals surface area contributed by atoms with E-state index in [1.165, 1.54) is 4.88 Å². The summed E-state index contributed by atoms with van der Waals surface area (Å²) in [5.41, 5.74) is 6.48. The molecule has 0 aromatic carbocycles. The lowest BCUT2D eigenvalue weighted by molar-refractivity contribution is 0.243. The Labute approximate surface area is 120 Å². The molecule has 0 aliphatic rings. The summed E-state index contributed by atoms with van der Waals surface area (Å²) >= 11 is 1.72. The van der Waals surface area contributed by atoms with Crippen LogP contribution in [-0.2, 0) is 6.54 Å². The van der Waals surface area contributed by atoms with Crippen molar-refractivity contribution in [3.63, 3.8) is 0 Å². The number of nitrogens with two attached hydrogens (primary N) is 1. The van der Waals surface area contributed by atoms with E-state index in [-0.39, 0.29) is 0 Å². The van der Waals surface area contributed by atoms with E-state index in [1.807, 2.05) is 6.07 Å². The Bertz CT molecular complexity index is 474. The predicted octanol–water partition coefficient (Wildman–Crippen LogP) is 2.43. The van der Waals surface area contributed by atoms with Crippen LogP contribution in [-0.4, -0.2) is 24.5 Å². The van der Waals surface area contributed by atoms with Gasteiger partial charge in [0.1, 0.15) is 0 Å². The number of hydrogen-bond donors (Lipinski definition) is 1. The zero-order chi connectivity index (χ0) is 14.1. The maximum absolute atomic E-state index is 8.74. The van der Waals surface area contributed by atoms with Crippen LogP contribution in [0.25, 0.3) is 0 Å². The van der Waals surface area contributed by atoms with E-state index in [1.54, 1.807) is 11.3 Å². The minimum Gasteiger partial charge on any atom is -0.320 e. The molecule has 1 aromatic rings. The monoisotopic (exact) mass is 275 g/mol. The largest absolute Gasteiger partial charge is 0.320 e. The first-order chi connectivity index (χ1) is 9.17. The van der Waals surface area contributed by atoms with E-state index in [9.17, 15) is 0 Å². The third-order valence-corrected chi connectivity index (χ3v) is 3.51. The fourth-order valence-corrected chi connectivity index (χ4v) is 2.75. The maximum Gasteiger partial charge on any atom is 0.0635 e. The molecule has 0 saturated carbocycles. The summed E-state index contributed by atoms with van der Waals surface area (Å²) in [6.45, 7) is 7.47. The molecule has 1 rings (SSSR count). The molecule has 2 N–H and O–H groups in total. The molecule has 0 aliphatic carbocycles. The van der Waals surface area contributed by atoms with Crippen molar-refractivity contribution in [1.29, 1.82) is 5.26 Å². The molecule has 102 valence electrons. The van der Waals surface area contributed by atoms with Gasteiger partial charge in [-0.25, -0.2) is 0 Å². The summed E-state index contributed by atoms with van der Waals surface area (Å²) in [7, 11) is 0. The normalized spacial score (nSPS) is 10.3. The van der Waals surface area contributed by atoms with Crippen molar-refractivity contribution in [2.75, 3.05) is 19.6 Å². The van der Waals surface area contributed by atoms with Crippen molar-refractivity contribution in [2.45, 2.75) is 26.8 Å². The minimum atomic E-state index is 0.388. The Morgan fingerprint density at radius 1 is 1.47 bits per heavy atom. The van der Waals surface area contributed by atoms with Gasteiger partial charge >= 0.3 is 0 Å². The molecule has 0 fully saturated rings. The van der Waals surface area contributed by atoms with Gasteiger partial charge in [-0.1, -0.05) is 25.7 Å². The van der Waals surface area contributed by atoms with Crippen LogP contribution in [0, 0.1) is 29.1 Å². The average Bonchev–Trinajstić information content (AvgIpc) is 2.80. The molecule has 0 radical (unpaired) electrons. The van der Waals surface area contributed by atoms with Gasteiger partial charge in [0, 0.05) is 36.5 Å². The Balaban J connectivity index is 2.72. The lowest BCUT2D eigenvalue weighted by atomic mass is 10.2. The highest BCUT2D eigenvalue weighted by Crippen LogP contribution is 2.19. The molecule has 0 spiro atoms. The lowest BCUT2D eigenvalue weighted by Crippen LogP contribution is -2.28. The van der Waals surface area contributed by atoms with Crippen molar-refractivity contribution in [3.05, 3.63) is 21.9 Å². The van der Waals surface area contributed by atoms with E-state index in [0.717, 1.165) is 25.2 Å². The molecular weight excluding hydrogens is 254 g/mol. The van der Waals surface area contributed by atoms with Gasteiger partial charge in [0.05, 0.1) is 12.6 Å². The number of thiophene rings is 1. The van der Waals surface area contributed by atoms with Crippen molar-refractivity contribution in [2.24, 2.45) is 11.7 Å². The molecule has 19 heavy (non-hydrogen) atoms. The molecule has 1 heterocycles. The van der Waals surface area contributed by atoms with Gasteiger partial charge in [0.25, 0.3) is 0 Å². The van der Waals surface area contributed by atoms with Crippen LogP contribution in [0.15, 0.2) is 11.4 Å². The summed E-state index contributed by atoms with van der Waals surface area (Å²) < 4.78 is 0. The fraction of sp³-hybridized carbons (Fsp3) is 0.533. The minimum absolute atomic E-state index is 0.388. The molecule has 0 aliphatic heterocycles. The average molecular weight is 275 g/mol. The van der Waals surface area contributed by atoms with Crippen molar-refractivity contribution < 1.29 is 0 Å². The number of rotatable bonds is 6. The van der Waals surface area contributed by atoms with Gasteiger partial charge in [0.2, 0.25) is 0 Å². The Hall–Kier alpha value is -1.33. The van der Waals surface area contributed by atoms with Crippen LogP contribution in [0.3, 0.4) is 0 Å². The van der Waals surface area contributed by atoms with Crippen LogP contribution in [0.2, 0.25) is 0 Å². The second kappa shape index (κ2) is 8.72. The highest BCUT2D eigenvalue weighted by Gasteiger charge is 2.11. The number of nitriles is 1. The van der Waals surface area contributed by atoms with Gasteiger partial charge in [-0.2, -0.15) is 5.26 Å². The molecule has 0 amide bonds.